The number of likely N-dealkylation sites (tertiary alicyclic amines) is 1. The lowest BCUT2D eigenvalue weighted by atomic mass is 9.89. The third-order valence-electron chi connectivity index (χ3n) is 13.9. The molecule has 1 heterocycles. The van der Waals surface area contributed by atoms with Gasteiger partial charge in [-0.05, 0) is 69.7 Å². The molecule has 0 aromatic rings. The van der Waals surface area contributed by atoms with Crippen molar-refractivity contribution in [2.24, 2.45) is 29.6 Å². The van der Waals surface area contributed by atoms with Crippen LogP contribution in [0.15, 0.2) is 23.8 Å². The van der Waals surface area contributed by atoms with E-state index in [1.807, 2.05) is 71.7 Å². The predicted molar refractivity (Wildman–Crippen MR) is 270 cm³/mol. The molecular formula is C50H89N7O13S. The maximum absolute atomic E-state index is 14.6. The Labute approximate surface area is 424 Å². The van der Waals surface area contributed by atoms with Gasteiger partial charge in [-0.15, -0.1) is 0 Å². The highest BCUT2D eigenvalue weighted by Gasteiger charge is 2.44. The summed E-state index contributed by atoms with van der Waals surface area (Å²) in [4.78, 5) is 80.5. The average Bonchev–Trinajstić information content (AvgIpc) is 4.10. The summed E-state index contributed by atoms with van der Waals surface area (Å²) in [5.41, 5.74) is 0.911. The van der Waals surface area contributed by atoms with E-state index in [1.165, 1.54) is 14.2 Å². The Morgan fingerprint density at radius 1 is 0.831 bits per heavy atom. The molecule has 5 N–H and O–H groups in total. The maximum Gasteiger partial charge on any atom is 0.256 e. The van der Waals surface area contributed by atoms with Gasteiger partial charge in [0.15, 0.2) is 0 Å². The highest BCUT2D eigenvalue weighted by atomic mass is 32.2. The lowest BCUT2D eigenvalue weighted by molar-refractivity contribution is -0.148. The molecule has 1 aliphatic heterocycles. The zero-order valence-electron chi connectivity index (χ0n) is 44.5. The molecule has 71 heavy (non-hydrogen) atoms. The van der Waals surface area contributed by atoms with Crippen LogP contribution in [0.25, 0.3) is 0 Å². The summed E-state index contributed by atoms with van der Waals surface area (Å²) in [5.74, 6) is 1.59. The molecule has 408 valence electrons. The van der Waals surface area contributed by atoms with Gasteiger partial charge in [0.1, 0.15) is 12.1 Å². The molecule has 2 fully saturated rings. The zero-order chi connectivity index (χ0) is 52.8. The molecule has 21 heteroatoms. The van der Waals surface area contributed by atoms with Crippen molar-refractivity contribution in [3.8, 4) is 0 Å². The minimum Gasteiger partial charge on any atom is -0.379 e. The Morgan fingerprint density at radius 2 is 1.46 bits per heavy atom. The van der Waals surface area contributed by atoms with Crippen LogP contribution in [0.5, 0.6) is 0 Å². The second kappa shape index (κ2) is 31.3. The Morgan fingerprint density at radius 3 is 2.00 bits per heavy atom. The van der Waals surface area contributed by atoms with E-state index in [1.54, 1.807) is 23.8 Å². The van der Waals surface area contributed by atoms with Gasteiger partial charge in [-0.1, -0.05) is 78.7 Å². The van der Waals surface area contributed by atoms with Crippen LogP contribution < -0.4 is 21.3 Å². The number of rotatable bonds is 35. The van der Waals surface area contributed by atoms with Crippen molar-refractivity contribution in [2.75, 3.05) is 87.7 Å². The van der Waals surface area contributed by atoms with Crippen molar-refractivity contribution < 1.29 is 60.9 Å². The van der Waals surface area contributed by atoms with Crippen molar-refractivity contribution in [3.05, 3.63) is 23.8 Å². The van der Waals surface area contributed by atoms with Gasteiger partial charge in [0, 0.05) is 34.4 Å². The first kappa shape index (κ1) is 61.8. The van der Waals surface area contributed by atoms with E-state index in [9.17, 15) is 32.4 Å². The van der Waals surface area contributed by atoms with Crippen molar-refractivity contribution in [2.45, 2.75) is 154 Å². The number of nitrogens with one attached hydrogen (secondary N) is 3. The molecule has 5 amide bonds. The summed E-state index contributed by atoms with van der Waals surface area (Å²) in [6, 6.07) is -3.60. The fourth-order valence-electron chi connectivity index (χ4n) is 9.56. The number of hydrogen-bond donors (Lipinski definition) is 4. The first-order valence-corrected chi connectivity index (χ1v) is 27.2. The van der Waals surface area contributed by atoms with Crippen LogP contribution in [0.1, 0.15) is 106 Å². The number of sulfonamides is 1. The molecule has 0 aromatic heterocycles. The van der Waals surface area contributed by atoms with E-state index in [4.69, 9.17) is 29.6 Å². The smallest absolute Gasteiger partial charge is 0.256 e. The molecule has 0 radical (unpaired) electrons. The number of carbonyl (C=O) groups excluding carboxylic acids is 5. The standard InChI is InChI=1S/C50H89N7O13S/c1-12-35(6)45(56(9)50(62)43(33(2)3)53-49(61)44(34(4)5)55(8)23-24-67-25-26-68-27-28-69-29-30-70-51)41(65-10)32-42(58)57-22-16-19-40(57)46(66-11)36(7)47(59)52-39(31-37-17-14-13-15-18-37)48(60)54-71(63,64)38-20-21-38/h13-14,17,33-36,38-41,43-46H,12,15-16,18-32,51H2,1-11H3,(H,52,59)(H,53,61)(H,54,60)/t35-,36+,39-,40-,41+,43-,44-,45-,46+/m0/s1. The topological polar surface area (TPSA) is 247 Å². The van der Waals surface area contributed by atoms with Crippen LogP contribution >= 0.6 is 0 Å². The van der Waals surface area contributed by atoms with Gasteiger partial charge >= 0.3 is 0 Å². The highest BCUT2D eigenvalue weighted by molar-refractivity contribution is 7.90. The molecule has 0 unspecified atom stereocenters. The quantitative estimate of drug-likeness (QED) is 0.0527. The second-order valence-electron chi connectivity index (χ2n) is 20.0. The average molecular weight is 1030 g/mol. The largest absolute Gasteiger partial charge is 0.379 e. The number of amides is 5. The molecule has 0 spiro atoms. The summed E-state index contributed by atoms with van der Waals surface area (Å²) in [5, 5.41) is 5.29. The van der Waals surface area contributed by atoms with E-state index in [2.05, 4.69) is 20.2 Å². The van der Waals surface area contributed by atoms with Crippen molar-refractivity contribution >= 4 is 39.6 Å². The lowest BCUT2D eigenvalue weighted by Crippen LogP contribution is -2.60. The third kappa shape index (κ3) is 19.4. The number of nitrogens with zero attached hydrogens (tertiary/aromatic N) is 3. The van der Waals surface area contributed by atoms with Gasteiger partial charge < -0.3 is 49.0 Å². The summed E-state index contributed by atoms with van der Waals surface area (Å²) < 4.78 is 56.4. The van der Waals surface area contributed by atoms with Crippen molar-refractivity contribution in [1.29, 1.82) is 0 Å². The normalized spacial score (nSPS) is 19.7. The Balaban J connectivity index is 1.70. The number of allylic oxidation sites excluding steroid dienone is 3. The van der Waals surface area contributed by atoms with Crippen LogP contribution in [0.4, 0.5) is 0 Å². The molecule has 3 aliphatic rings. The Bertz CT molecular complexity index is 1850. The Hall–Kier alpha value is -3.54. The van der Waals surface area contributed by atoms with Gasteiger partial charge in [-0.3, -0.25) is 33.6 Å². The van der Waals surface area contributed by atoms with Crippen LogP contribution in [-0.2, 0) is 62.5 Å². The van der Waals surface area contributed by atoms with Crippen LogP contribution in [0.2, 0.25) is 0 Å². The highest BCUT2D eigenvalue weighted by Crippen LogP contribution is 2.31. The van der Waals surface area contributed by atoms with Gasteiger partial charge in [-0.25, -0.2) is 14.3 Å². The van der Waals surface area contributed by atoms with Crippen molar-refractivity contribution in [1.82, 2.24) is 30.1 Å². The molecule has 0 aromatic carbocycles. The van der Waals surface area contributed by atoms with E-state index in [-0.39, 0.29) is 48.3 Å². The number of hydrogen-bond acceptors (Lipinski definition) is 15. The fourth-order valence-corrected chi connectivity index (χ4v) is 10.9. The minimum atomic E-state index is -3.86. The van der Waals surface area contributed by atoms with Gasteiger partial charge in [0.2, 0.25) is 33.7 Å². The molecule has 1 saturated heterocycles. The van der Waals surface area contributed by atoms with Gasteiger partial charge in [0.25, 0.3) is 5.91 Å². The van der Waals surface area contributed by atoms with Crippen molar-refractivity contribution in [3.63, 3.8) is 0 Å². The number of nitrogens with two attached hydrogens (primary N) is 1. The van der Waals surface area contributed by atoms with E-state index in [0.29, 0.717) is 97.9 Å². The summed E-state index contributed by atoms with van der Waals surface area (Å²) in [6.07, 6.45) is 8.67. The molecular weight excluding hydrogens is 939 g/mol. The fraction of sp³-hybridized carbons (Fsp3) is 0.820. The monoisotopic (exact) mass is 1030 g/mol. The number of ether oxygens (including phenoxy) is 5. The summed E-state index contributed by atoms with van der Waals surface area (Å²) in [7, 11) is 2.71. The Kier molecular flexibility index (Phi) is 27.2. The maximum atomic E-state index is 14.6. The number of methoxy groups -OCH3 is 2. The molecule has 20 nitrogen and oxygen atoms in total. The van der Waals surface area contributed by atoms with Crippen LogP contribution in [0.3, 0.4) is 0 Å². The third-order valence-corrected chi connectivity index (χ3v) is 15.8. The first-order chi connectivity index (χ1) is 33.7. The molecule has 3 rings (SSSR count). The van der Waals surface area contributed by atoms with E-state index in [0.717, 1.165) is 12.0 Å². The zero-order valence-corrected chi connectivity index (χ0v) is 45.3. The van der Waals surface area contributed by atoms with Gasteiger partial charge in [0.05, 0.1) is 94.2 Å². The first-order valence-electron chi connectivity index (χ1n) is 25.6. The lowest BCUT2D eigenvalue weighted by Gasteiger charge is -2.41. The molecule has 9 atom stereocenters. The number of likely N-dealkylation sites (N-methyl/N-ethyl adjacent to an activating group) is 2. The van der Waals surface area contributed by atoms with E-state index < -0.39 is 75.4 Å². The molecule has 0 bridgehead atoms. The van der Waals surface area contributed by atoms with Crippen LogP contribution in [-0.4, -0.2) is 188 Å². The number of carbonyl (C=O) groups is 5. The van der Waals surface area contributed by atoms with Crippen LogP contribution in [0, 0.1) is 23.7 Å². The van der Waals surface area contributed by atoms with Gasteiger partial charge in [-0.2, -0.15) is 0 Å². The predicted octanol–water partition coefficient (Wildman–Crippen LogP) is 2.70. The summed E-state index contributed by atoms with van der Waals surface area (Å²) >= 11 is 0. The second-order valence-corrected chi connectivity index (χ2v) is 21.9. The minimum absolute atomic E-state index is 0.0650. The SMILES string of the molecule is CC[C@H](C)[C@@H]([C@@H](CC(=O)N1CCC[C@H]1[C@H](OC)[C@@H](C)C(=O)N[C@@H](CC1=CC=CCC1)C(=O)NS(=O)(=O)C1CC1)OC)N(C)C(=O)[C@@H](NC(=O)[C@H](C(C)C)N(C)CCOCCOCCOCCON)C(C)C. The molecule has 2 aliphatic carbocycles. The summed E-state index contributed by atoms with van der Waals surface area (Å²) in [6.45, 7) is 17.0. The van der Waals surface area contributed by atoms with E-state index >= 15 is 0 Å². The molecule has 1 saturated carbocycles.